The van der Waals surface area contributed by atoms with Gasteiger partial charge in [0.05, 0.1) is 0 Å². The Labute approximate surface area is 66.7 Å². The lowest BCUT2D eigenvalue weighted by Gasteiger charge is -2.08. The monoisotopic (exact) mass is 171 g/mol. The van der Waals surface area contributed by atoms with Crippen LogP contribution in [-0.4, -0.2) is 33.2 Å². The van der Waals surface area contributed by atoms with Gasteiger partial charge in [-0.2, -0.15) is 19.3 Å². The molecule has 7 heteroatoms. The molecule has 1 rings (SSSR count). The number of amides is 1. The van der Waals surface area contributed by atoms with Crippen LogP contribution in [0.25, 0.3) is 0 Å². The Hall–Kier alpha value is -1.79. The second kappa shape index (κ2) is 3.07. The van der Waals surface area contributed by atoms with E-state index in [0.717, 1.165) is 0 Å². The van der Waals surface area contributed by atoms with Crippen LogP contribution in [0.3, 0.4) is 0 Å². The van der Waals surface area contributed by atoms with Gasteiger partial charge in [0.1, 0.15) is 0 Å². The van der Waals surface area contributed by atoms with E-state index in [1.807, 2.05) is 6.33 Å². The van der Waals surface area contributed by atoms with Gasteiger partial charge in [0, 0.05) is 7.05 Å². The van der Waals surface area contributed by atoms with Crippen molar-refractivity contribution in [2.24, 2.45) is 0 Å². The minimum Gasteiger partial charge on any atom is -0.465 e. The lowest BCUT2D eigenvalue weighted by atomic mass is 10.8. The molecule has 0 fully saturated rings. The van der Waals surface area contributed by atoms with E-state index in [1.165, 1.54) is 7.05 Å². The predicted octanol–water partition coefficient (Wildman–Crippen LogP) is -0.0749. The van der Waals surface area contributed by atoms with Gasteiger partial charge in [-0.1, -0.05) is 0 Å². The van der Waals surface area contributed by atoms with Gasteiger partial charge >= 0.3 is 12.2 Å². The first-order valence-corrected chi connectivity index (χ1v) is 2.85. The van der Waals surface area contributed by atoms with Gasteiger partial charge < -0.3 is 5.11 Å². The van der Waals surface area contributed by atoms with Crippen molar-refractivity contribution in [1.29, 1.82) is 0 Å². The molecule has 1 heterocycles. The highest BCUT2D eigenvalue weighted by molar-refractivity contribution is 5.82. The SMILES string of the molecule is CN(C(=O)O)c1n[c]nc(F)n1. The van der Waals surface area contributed by atoms with Crippen LogP contribution < -0.4 is 4.90 Å². The summed E-state index contributed by atoms with van der Waals surface area (Å²) in [5.41, 5.74) is 0. The molecule has 0 unspecified atom stereocenters. The molecule has 63 valence electrons. The van der Waals surface area contributed by atoms with Crippen molar-refractivity contribution in [3.63, 3.8) is 0 Å². The first-order valence-electron chi connectivity index (χ1n) is 2.85. The molecule has 0 saturated carbocycles. The van der Waals surface area contributed by atoms with Gasteiger partial charge in [0.2, 0.25) is 12.3 Å². The molecule has 0 bridgehead atoms. The van der Waals surface area contributed by atoms with Crippen LogP contribution >= 0.6 is 0 Å². The minimum atomic E-state index is -1.28. The number of nitrogens with zero attached hydrogens (tertiary/aromatic N) is 4. The van der Waals surface area contributed by atoms with Crippen molar-refractivity contribution in [3.05, 3.63) is 12.4 Å². The highest BCUT2D eigenvalue weighted by Gasteiger charge is 2.11. The van der Waals surface area contributed by atoms with Crippen LogP contribution in [0.15, 0.2) is 0 Å². The summed E-state index contributed by atoms with van der Waals surface area (Å²) in [7, 11) is 1.19. The molecule has 0 saturated heterocycles. The number of hydrogen-bond acceptors (Lipinski definition) is 4. The Balaban J connectivity index is 2.95. The molecular weight excluding hydrogens is 167 g/mol. The van der Waals surface area contributed by atoms with Crippen molar-refractivity contribution in [1.82, 2.24) is 15.0 Å². The van der Waals surface area contributed by atoms with Crippen LogP contribution in [-0.2, 0) is 0 Å². The first kappa shape index (κ1) is 8.31. The van der Waals surface area contributed by atoms with Crippen LogP contribution in [0.5, 0.6) is 0 Å². The fraction of sp³-hybridized carbons (Fsp3) is 0.200. The third-order valence-electron chi connectivity index (χ3n) is 1.07. The molecule has 0 spiro atoms. The Morgan fingerprint density at radius 3 is 2.83 bits per heavy atom. The minimum absolute atomic E-state index is 0.296. The molecular formula is C5H4FN4O2. The van der Waals surface area contributed by atoms with E-state index in [4.69, 9.17) is 5.11 Å². The summed E-state index contributed by atoms with van der Waals surface area (Å²) in [5.74, 6) is -0.296. The molecule has 1 amide bonds. The fourth-order valence-corrected chi connectivity index (χ4v) is 0.479. The molecule has 0 aliphatic rings. The molecule has 0 aliphatic heterocycles. The number of halogens is 1. The predicted molar refractivity (Wildman–Crippen MR) is 35.0 cm³/mol. The first-order chi connectivity index (χ1) is 5.61. The highest BCUT2D eigenvalue weighted by Crippen LogP contribution is 2.01. The van der Waals surface area contributed by atoms with Crippen LogP contribution in [0.1, 0.15) is 0 Å². The third-order valence-corrected chi connectivity index (χ3v) is 1.07. The zero-order valence-electron chi connectivity index (χ0n) is 6.02. The smallest absolute Gasteiger partial charge is 0.413 e. The molecule has 12 heavy (non-hydrogen) atoms. The van der Waals surface area contributed by atoms with E-state index in [9.17, 15) is 9.18 Å². The zero-order valence-corrected chi connectivity index (χ0v) is 6.02. The number of carbonyl (C=O) groups is 1. The summed E-state index contributed by atoms with van der Waals surface area (Å²) in [5, 5.41) is 8.42. The Kier molecular flexibility index (Phi) is 2.13. The van der Waals surface area contributed by atoms with Crippen molar-refractivity contribution >= 4 is 12.0 Å². The summed E-state index contributed by atoms with van der Waals surface area (Å²) in [6, 6.07) is 0. The summed E-state index contributed by atoms with van der Waals surface area (Å²) in [6.07, 6.45) is -0.423. The van der Waals surface area contributed by atoms with Crippen molar-refractivity contribution in [3.8, 4) is 0 Å². The van der Waals surface area contributed by atoms with Gasteiger partial charge in [-0.3, -0.25) is 0 Å². The van der Waals surface area contributed by atoms with Crippen molar-refractivity contribution in [2.45, 2.75) is 0 Å². The van der Waals surface area contributed by atoms with Crippen molar-refractivity contribution < 1.29 is 14.3 Å². The third kappa shape index (κ3) is 1.62. The van der Waals surface area contributed by atoms with Gasteiger partial charge in [0.15, 0.2) is 0 Å². The highest BCUT2D eigenvalue weighted by atomic mass is 19.1. The van der Waals surface area contributed by atoms with E-state index in [-0.39, 0.29) is 5.95 Å². The van der Waals surface area contributed by atoms with E-state index in [0.29, 0.717) is 4.90 Å². The molecule has 1 radical (unpaired) electrons. The van der Waals surface area contributed by atoms with Crippen LogP contribution in [0.4, 0.5) is 15.1 Å². The summed E-state index contributed by atoms with van der Waals surface area (Å²) in [4.78, 5) is 20.3. The summed E-state index contributed by atoms with van der Waals surface area (Å²) in [6.45, 7) is 0. The number of aromatic nitrogens is 3. The maximum atomic E-state index is 12.3. The largest absolute Gasteiger partial charge is 0.465 e. The van der Waals surface area contributed by atoms with Gasteiger partial charge in [-0.05, 0) is 0 Å². The number of rotatable bonds is 1. The van der Waals surface area contributed by atoms with Crippen LogP contribution in [0.2, 0.25) is 0 Å². The molecule has 6 nitrogen and oxygen atoms in total. The lowest BCUT2D eigenvalue weighted by molar-refractivity contribution is 0.203. The Morgan fingerprint density at radius 2 is 2.33 bits per heavy atom. The average Bonchev–Trinajstić information content (AvgIpc) is 2.03. The van der Waals surface area contributed by atoms with E-state index >= 15 is 0 Å². The molecule has 1 aromatic rings. The van der Waals surface area contributed by atoms with Gasteiger partial charge in [0.25, 0.3) is 0 Å². The zero-order chi connectivity index (χ0) is 9.14. The number of carboxylic acid groups (broad SMARTS) is 1. The fourth-order valence-electron chi connectivity index (χ4n) is 0.479. The topological polar surface area (TPSA) is 79.2 Å². The maximum absolute atomic E-state index is 12.3. The Bertz CT molecular complexity index is 305. The van der Waals surface area contributed by atoms with Crippen molar-refractivity contribution in [2.75, 3.05) is 11.9 Å². The average molecular weight is 171 g/mol. The van der Waals surface area contributed by atoms with Crippen LogP contribution in [0, 0.1) is 12.4 Å². The summed E-state index contributed by atoms with van der Waals surface area (Å²) < 4.78 is 12.3. The molecule has 0 aromatic carbocycles. The summed E-state index contributed by atoms with van der Waals surface area (Å²) >= 11 is 0. The molecule has 1 aromatic heterocycles. The van der Waals surface area contributed by atoms with Gasteiger partial charge in [-0.15, -0.1) is 0 Å². The number of anilines is 1. The van der Waals surface area contributed by atoms with E-state index < -0.39 is 12.2 Å². The van der Waals surface area contributed by atoms with E-state index in [1.54, 1.807) is 0 Å². The molecule has 1 N–H and O–H groups in total. The Morgan fingerprint density at radius 1 is 1.67 bits per heavy atom. The standard InChI is InChI=1S/C5H4FN4O2/c1-10(5(11)12)4-8-2-7-3(6)9-4/h1H3,(H,11,12). The normalized spacial score (nSPS) is 9.50. The second-order valence-corrected chi connectivity index (χ2v) is 1.85. The maximum Gasteiger partial charge on any atom is 0.413 e. The number of hydrogen-bond donors (Lipinski definition) is 1. The quantitative estimate of drug-likeness (QED) is 0.639. The lowest BCUT2D eigenvalue weighted by Crippen LogP contribution is -2.26. The molecule has 0 aliphatic carbocycles. The van der Waals surface area contributed by atoms with E-state index in [2.05, 4.69) is 15.0 Å². The molecule has 0 atom stereocenters. The van der Waals surface area contributed by atoms with Gasteiger partial charge in [-0.25, -0.2) is 9.69 Å². The second-order valence-electron chi connectivity index (χ2n) is 1.85.